The number of benzene rings is 1. The Morgan fingerprint density at radius 2 is 2.11 bits per heavy atom. The second kappa shape index (κ2) is 8.09. The number of hydrogen-bond acceptors (Lipinski definition) is 5. The predicted molar refractivity (Wildman–Crippen MR) is 101 cm³/mol. The first kappa shape index (κ1) is 20.0. The highest BCUT2D eigenvalue weighted by Crippen LogP contribution is 2.26. The smallest absolute Gasteiger partial charge is 0.266 e. The van der Waals surface area contributed by atoms with E-state index in [2.05, 4.69) is 26.6 Å². The maximum absolute atomic E-state index is 12.8. The van der Waals surface area contributed by atoms with Crippen LogP contribution in [0.5, 0.6) is 5.88 Å². The Morgan fingerprint density at radius 1 is 1.32 bits per heavy atom. The van der Waals surface area contributed by atoms with Gasteiger partial charge in [-0.3, -0.25) is 0 Å². The SMILES string of the molecule is CCCc1ccc2c(S(=O)(=O)Nc3ncc(CC(F)F)c(OC)n3)c[nH]c2c1. The number of alkyl halides is 2. The molecule has 0 radical (unpaired) electrons. The third kappa shape index (κ3) is 4.22. The molecule has 0 saturated carbocycles. The van der Waals surface area contributed by atoms with E-state index in [1.165, 1.54) is 13.3 Å². The Bertz CT molecular complexity index is 1080. The summed E-state index contributed by atoms with van der Waals surface area (Å²) in [5.41, 5.74) is 1.91. The number of anilines is 1. The van der Waals surface area contributed by atoms with Crippen LogP contribution in [0.25, 0.3) is 10.9 Å². The lowest BCUT2D eigenvalue weighted by Crippen LogP contribution is -2.15. The van der Waals surface area contributed by atoms with Gasteiger partial charge in [0.25, 0.3) is 10.0 Å². The molecular weight excluding hydrogens is 390 g/mol. The lowest BCUT2D eigenvalue weighted by molar-refractivity contribution is 0.147. The zero-order valence-corrected chi connectivity index (χ0v) is 16.2. The largest absolute Gasteiger partial charge is 0.481 e. The number of methoxy groups -OCH3 is 1. The van der Waals surface area contributed by atoms with Gasteiger partial charge >= 0.3 is 0 Å². The lowest BCUT2D eigenvalue weighted by atomic mass is 10.1. The van der Waals surface area contributed by atoms with E-state index in [0.29, 0.717) is 10.9 Å². The molecule has 2 heterocycles. The van der Waals surface area contributed by atoms with E-state index in [9.17, 15) is 17.2 Å². The van der Waals surface area contributed by atoms with Gasteiger partial charge in [-0.15, -0.1) is 0 Å². The van der Waals surface area contributed by atoms with Crippen molar-refractivity contribution < 1.29 is 21.9 Å². The number of H-pyrrole nitrogens is 1. The molecule has 150 valence electrons. The number of nitrogens with zero attached hydrogens (tertiary/aromatic N) is 2. The van der Waals surface area contributed by atoms with Crippen molar-refractivity contribution in [2.24, 2.45) is 0 Å². The molecule has 2 aromatic heterocycles. The first-order chi connectivity index (χ1) is 13.3. The summed E-state index contributed by atoms with van der Waals surface area (Å²) in [6.07, 6.45) is 1.23. The number of nitrogens with one attached hydrogen (secondary N) is 2. The van der Waals surface area contributed by atoms with Crippen LogP contribution in [-0.2, 0) is 22.9 Å². The zero-order valence-electron chi connectivity index (χ0n) is 15.4. The molecule has 0 spiro atoms. The van der Waals surface area contributed by atoms with Gasteiger partial charge in [-0.05, 0) is 18.1 Å². The highest BCUT2D eigenvalue weighted by Gasteiger charge is 2.22. The number of hydrogen-bond donors (Lipinski definition) is 2. The van der Waals surface area contributed by atoms with Crippen LogP contribution in [0.4, 0.5) is 14.7 Å². The summed E-state index contributed by atoms with van der Waals surface area (Å²) in [5.74, 6) is -0.358. The number of rotatable bonds is 8. The molecule has 3 aromatic rings. The fourth-order valence-electron chi connectivity index (χ4n) is 2.91. The summed E-state index contributed by atoms with van der Waals surface area (Å²) >= 11 is 0. The number of fused-ring (bicyclic) bond motifs is 1. The highest BCUT2D eigenvalue weighted by molar-refractivity contribution is 7.93. The van der Waals surface area contributed by atoms with Crippen LogP contribution < -0.4 is 9.46 Å². The Morgan fingerprint density at radius 3 is 2.79 bits per heavy atom. The Labute approximate surface area is 161 Å². The van der Waals surface area contributed by atoms with Crippen molar-refractivity contribution >= 4 is 26.9 Å². The molecule has 1 aromatic carbocycles. The highest BCUT2D eigenvalue weighted by atomic mass is 32.2. The molecule has 0 atom stereocenters. The van der Waals surface area contributed by atoms with Crippen molar-refractivity contribution in [1.82, 2.24) is 15.0 Å². The number of ether oxygens (including phenoxy) is 1. The molecule has 3 rings (SSSR count). The minimum atomic E-state index is -3.99. The van der Waals surface area contributed by atoms with Crippen LogP contribution in [0.1, 0.15) is 24.5 Å². The van der Waals surface area contributed by atoms with Crippen LogP contribution >= 0.6 is 0 Å². The van der Waals surface area contributed by atoms with Gasteiger partial charge in [0.2, 0.25) is 18.3 Å². The van der Waals surface area contributed by atoms with Gasteiger partial charge in [-0.1, -0.05) is 25.5 Å². The molecule has 0 bridgehead atoms. The summed E-state index contributed by atoms with van der Waals surface area (Å²) in [5, 5.41) is 0.536. The molecule has 0 unspecified atom stereocenters. The fourth-order valence-corrected chi connectivity index (χ4v) is 4.04. The van der Waals surface area contributed by atoms with Crippen LogP contribution in [0.3, 0.4) is 0 Å². The van der Waals surface area contributed by atoms with Crippen LogP contribution in [0.2, 0.25) is 0 Å². The van der Waals surface area contributed by atoms with E-state index in [-0.39, 0.29) is 22.3 Å². The molecule has 10 heteroatoms. The molecule has 0 aliphatic heterocycles. The lowest BCUT2D eigenvalue weighted by Gasteiger charge is -2.10. The van der Waals surface area contributed by atoms with Gasteiger partial charge in [-0.2, -0.15) is 4.98 Å². The van der Waals surface area contributed by atoms with Gasteiger partial charge in [0.15, 0.2) is 0 Å². The first-order valence-electron chi connectivity index (χ1n) is 8.65. The quantitative estimate of drug-likeness (QED) is 0.592. The third-order valence-corrected chi connectivity index (χ3v) is 5.52. The maximum atomic E-state index is 12.8. The molecule has 0 aliphatic rings. The molecule has 0 saturated heterocycles. The second-order valence-corrected chi connectivity index (χ2v) is 7.86. The third-order valence-electron chi connectivity index (χ3n) is 4.15. The topological polar surface area (TPSA) is 97.0 Å². The minimum Gasteiger partial charge on any atom is -0.481 e. The van der Waals surface area contributed by atoms with Gasteiger partial charge in [-0.25, -0.2) is 26.9 Å². The summed E-state index contributed by atoms with van der Waals surface area (Å²) in [7, 11) is -2.73. The molecule has 0 aliphatic carbocycles. The summed E-state index contributed by atoms with van der Waals surface area (Å²) in [6.45, 7) is 2.07. The van der Waals surface area contributed by atoms with Gasteiger partial charge in [0, 0.05) is 35.3 Å². The molecular formula is C18H20F2N4O3S. The maximum Gasteiger partial charge on any atom is 0.266 e. The number of aryl methyl sites for hydroxylation is 1. The monoisotopic (exact) mass is 410 g/mol. The molecule has 0 amide bonds. The zero-order chi connectivity index (χ0) is 20.3. The number of halogens is 2. The Balaban J connectivity index is 1.91. The molecule has 0 fully saturated rings. The standard InChI is InChI=1S/C18H20F2N4O3S/c1-3-4-11-5-6-13-14(7-11)21-10-15(13)28(25,26)24-18-22-9-12(8-16(19)20)17(23-18)27-2/h5-7,9-10,16,21H,3-4,8H2,1-2H3,(H,22,23,24). The van der Waals surface area contributed by atoms with E-state index in [4.69, 9.17) is 4.74 Å². The molecule has 7 nitrogen and oxygen atoms in total. The normalized spacial score (nSPS) is 11.9. The summed E-state index contributed by atoms with van der Waals surface area (Å²) in [4.78, 5) is 10.7. The van der Waals surface area contributed by atoms with Crippen molar-refractivity contribution in [2.45, 2.75) is 37.5 Å². The average Bonchev–Trinajstić information content (AvgIpc) is 3.07. The van der Waals surface area contributed by atoms with E-state index >= 15 is 0 Å². The number of sulfonamides is 1. The predicted octanol–water partition coefficient (Wildman–Crippen LogP) is 3.53. The number of aromatic amines is 1. The molecule has 2 N–H and O–H groups in total. The van der Waals surface area contributed by atoms with Gasteiger partial charge in [0.05, 0.1) is 7.11 Å². The Hall–Kier alpha value is -2.75. The summed E-state index contributed by atoms with van der Waals surface area (Å²) < 4.78 is 58.0. The van der Waals surface area contributed by atoms with E-state index in [1.54, 1.807) is 6.07 Å². The second-order valence-electron chi connectivity index (χ2n) is 6.21. The number of aromatic nitrogens is 3. The Kier molecular flexibility index (Phi) is 5.78. The van der Waals surface area contributed by atoms with Crippen LogP contribution in [0.15, 0.2) is 35.5 Å². The first-order valence-corrected chi connectivity index (χ1v) is 10.1. The minimum absolute atomic E-state index is 0.0461. The molecule has 28 heavy (non-hydrogen) atoms. The van der Waals surface area contributed by atoms with Crippen LogP contribution in [0, 0.1) is 0 Å². The van der Waals surface area contributed by atoms with E-state index in [0.717, 1.165) is 24.6 Å². The van der Waals surface area contributed by atoms with Crippen molar-refractivity contribution in [3.63, 3.8) is 0 Å². The van der Waals surface area contributed by atoms with Crippen molar-refractivity contribution in [3.05, 3.63) is 41.7 Å². The van der Waals surface area contributed by atoms with E-state index < -0.39 is 22.9 Å². The van der Waals surface area contributed by atoms with E-state index in [1.807, 2.05) is 12.1 Å². The van der Waals surface area contributed by atoms with Crippen molar-refractivity contribution in [3.8, 4) is 5.88 Å². The van der Waals surface area contributed by atoms with Gasteiger partial charge < -0.3 is 9.72 Å². The van der Waals surface area contributed by atoms with Crippen LogP contribution in [-0.4, -0.2) is 36.9 Å². The van der Waals surface area contributed by atoms with Crippen molar-refractivity contribution in [1.29, 1.82) is 0 Å². The average molecular weight is 410 g/mol. The summed E-state index contributed by atoms with van der Waals surface area (Å²) in [6, 6.07) is 5.55. The van der Waals surface area contributed by atoms with Gasteiger partial charge in [0.1, 0.15) is 4.90 Å². The van der Waals surface area contributed by atoms with Crippen molar-refractivity contribution in [2.75, 3.05) is 11.8 Å². The fraction of sp³-hybridized carbons (Fsp3) is 0.333.